The van der Waals surface area contributed by atoms with Gasteiger partial charge in [0.05, 0.1) is 6.10 Å². The first-order valence-corrected chi connectivity index (χ1v) is 12.6. The van der Waals surface area contributed by atoms with Gasteiger partial charge in [0.2, 0.25) is 0 Å². The minimum atomic E-state index is -0.604. The number of benzene rings is 2. The van der Waals surface area contributed by atoms with Crippen LogP contribution in [-0.4, -0.2) is 47.5 Å². The Hall–Kier alpha value is -2.93. The fourth-order valence-electron chi connectivity index (χ4n) is 4.85. The van der Waals surface area contributed by atoms with Crippen LogP contribution in [0.5, 0.6) is 5.75 Å². The van der Waals surface area contributed by atoms with Gasteiger partial charge in [-0.15, -0.1) is 0 Å². The van der Waals surface area contributed by atoms with Crippen LogP contribution in [0.4, 0.5) is 14.9 Å². The third kappa shape index (κ3) is 5.50. The molecule has 1 fully saturated rings. The zero-order valence-electron chi connectivity index (χ0n) is 21.4. The number of halogens is 1. The third-order valence-electron chi connectivity index (χ3n) is 7.06. The molecule has 2 heterocycles. The Labute approximate surface area is 208 Å². The van der Waals surface area contributed by atoms with Gasteiger partial charge in [-0.05, 0) is 75.4 Å². The quantitative estimate of drug-likeness (QED) is 0.559. The van der Waals surface area contributed by atoms with E-state index in [1.807, 2.05) is 26.0 Å². The van der Waals surface area contributed by atoms with Gasteiger partial charge in [-0.1, -0.05) is 32.0 Å². The number of amides is 2. The highest BCUT2D eigenvalue weighted by Gasteiger charge is 2.52. The minimum Gasteiger partial charge on any atom is -0.491 e. The maximum Gasteiger partial charge on any atom is 0.350 e. The molecule has 2 amide bonds. The number of likely N-dealkylation sites (tertiary alicyclic amines) is 1. The van der Waals surface area contributed by atoms with Crippen molar-refractivity contribution in [2.75, 3.05) is 18.0 Å². The van der Waals surface area contributed by atoms with Gasteiger partial charge in [0, 0.05) is 31.4 Å². The number of nitrogens with zero attached hydrogens (tertiary/aromatic N) is 3. The fraction of sp³-hybridized carbons (Fsp3) is 0.500. The predicted octanol–water partition coefficient (Wildman–Crippen LogP) is 5.62. The molecule has 4 rings (SSSR count). The van der Waals surface area contributed by atoms with Gasteiger partial charge < -0.3 is 10.1 Å². The molecular weight excluding hydrogens is 443 g/mol. The van der Waals surface area contributed by atoms with Gasteiger partial charge in [0.1, 0.15) is 22.9 Å². The number of ether oxygens (including phenoxy) is 1. The molecule has 2 aromatic rings. The fourth-order valence-corrected chi connectivity index (χ4v) is 4.85. The van der Waals surface area contributed by atoms with E-state index in [4.69, 9.17) is 4.74 Å². The average molecular weight is 481 g/mol. The van der Waals surface area contributed by atoms with Crippen LogP contribution in [0.3, 0.4) is 0 Å². The first-order chi connectivity index (χ1) is 16.7. The molecule has 1 N–H and O–H groups in total. The second kappa shape index (κ2) is 10.4. The van der Waals surface area contributed by atoms with Crippen LogP contribution < -0.4 is 15.0 Å². The Morgan fingerprint density at radius 3 is 2.43 bits per heavy atom. The van der Waals surface area contributed by atoms with E-state index in [9.17, 15) is 9.18 Å². The van der Waals surface area contributed by atoms with E-state index in [0.717, 1.165) is 25.4 Å². The van der Waals surface area contributed by atoms with Crippen molar-refractivity contribution in [1.29, 1.82) is 0 Å². The van der Waals surface area contributed by atoms with Gasteiger partial charge in [-0.3, -0.25) is 9.80 Å². The summed E-state index contributed by atoms with van der Waals surface area (Å²) in [6.07, 6.45) is 1.56. The second-order valence-electron chi connectivity index (χ2n) is 10.4. The molecule has 7 heteroatoms. The van der Waals surface area contributed by atoms with Crippen molar-refractivity contribution < 1.29 is 13.9 Å². The first-order valence-electron chi connectivity index (χ1n) is 12.6. The van der Waals surface area contributed by atoms with E-state index in [2.05, 4.69) is 48.1 Å². The summed E-state index contributed by atoms with van der Waals surface area (Å²) in [5.74, 6) is 1.61. The molecule has 2 aliphatic heterocycles. The van der Waals surface area contributed by atoms with Crippen molar-refractivity contribution in [3.05, 3.63) is 59.9 Å². The lowest BCUT2D eigenvalue weighted by molar-refractivity contribution is 0.181. The average Bonchev–Trinajstić information content (AvgIpc) is 3.05. The van der Waals surface area contributed by atoms with E-state index in [1.54, 1.807) is 17.0 Å². The molecule has 1 saturated heterocycles. The van der Waals surface area contributed by atoms with Crippen LogP contribution in [-0.2, 0) is 6.54 Å². The van der Waals surface area contributed by atoms with Gasteiger partial charge in [-0.25, -0.2) is 9.18 Å². The summed E-state index contributed by atoms with van der Waals surface area (Å²) in [6, 6.07) is 14.3. The molecule has 0 unspecified atom stereocenters. The maximum atomic E-state index is 14.1. The van der Waals surface area contributed by atoms with Crippen LogP contribution in [0.15, 0.2) is 53.5 Å². The van der Waals surface area contributed by atoms with E-state index < -0.39 is 5.54 Å². The molecular formula is C28H37FN4O2. The molecule has 6 nitrogen and oxygen atoms in total. The number of hydrogen-bond donors (Lipinski definition) is 1. The molecule has 1 spiro atoms. The topological polar surface area (TPSA) is 57.2 Å². The van der Waals surface area contributed by atoms with Gasteiger partial charge in [-0.2, -0.15) is 4.99 Å². The van der Waals surface area contributed by atoms with Gasteiger partial charge in [0.25, 0.3) is 0 Å². The molecule has 0 aliphatic carbocycles. The van der Waals surface area contributed by atoms with E-state index in [-0.39, 0.29) is 24.0 Å². The van der Waals surface area contributed by atoms with E-state index >= 15 is 0 Å². The zero-order chi connectivity index (χ0) is 25.2. The summed E-state index contributed by atoms with van der Waals surface area (Å²) in [4.78, 5) is 21.7. The molecule has 0 saturated carbocycles. The molecule has 0 radical (unpaired) electrons. The van der Waals surface area contributed by atoms with E-state index in [1.165, 1.54) is 17.7 Å². The summed E-state index contributed by atoms with van der Waals surface area (Å²) in [6.45, 7) is 12.8. The second-order valence-corrected chi connectivity index (χ2v) is 10.4. The molecule has 2 aliphatic rings. The number of nitrogens with one attached hydrogen (secondary N) is 1. The Morgan fingerprint density at radius 1 is 1.06 bits per heavy atom. The van der Waals surface area contributed by atoms with Gasteiger partial charge in [0.15, 0.2) is 0 Å². The highest BCUT2D eigenvalue weighted by Crippen LogP contribution is 2.39. The van der Waals surface area contributed by atoms with Crippen molar-refractivity contribution in [1.82, 2.24) is 10.2 Å². The van der Waals surface area contributed by atoms with Crippen LogP contribution in [0.2, 0.25) is 0 Å². The normalized spacial score (nSPS) is 18.9. The van der Waals surface area contributed by atoms with Crippen molar-refractivity contribution in [2.45, 2.75) is 71.7 Å². The summed E-state index contributed by atoms with van der Waals surface area (Å²) in [5, 5.41) is 3.53. The third-order valence-corrected chi connectivity index (χ3v) is 7.06. The lowest BCUT2D eigenvalue weighted by atomic mass is 9.84. The lowest BCUT2D eigenvalue weighted by Gasteiger charge is -2.45. The number of hydrogen-bond acceptors (Lipinski definition) is 4. The molecule has 1 atom stereocenters. The monoisotopic (exact) mass is 480 g/mol. The summed E-state index contributed by atoms with van der Waals surface area (Å²) >= 11 is 0. The minimum absolute atomic E-state index is 0.132. The number of anilines is 1. The molecule has 2 aromatic carbocycles. The van der Waals surface area contributed by atoms with Crippen molar-refractivity contribution in [3.63, 3.8) is 0 Å². The number of aliphatic imine (C=N–C) groups is 1. The predicted molar refractivity (Wildman–Crippen MR) is 139 cm³/mol. The smallest absolute Gasteiger partial charge is 0.350 e. The van der Waals surface area contributed by atoms with Crippen molar-refractivity contribution in [3.8, 4) is 5.75 Å². The standard InChI is InChI=1S/C28H37FN4O2/c1-19(2)21(5)30-26-28(33(27(34)31-26)24-10-7-9-23(29)17-24)12-14-32(15-13-28)18-22-8-6-11-25(16-22)35-20(3)4/h6-11,16-17,19-21H,12-15,18H2,1-5H3,(H,30,31,34)/t21-/m0/s1. The Kier molecular flexibility index (Phi) is 7.45. The molecule has 188 valence electrons. The number of carbonyl (C=O) groups is 1. The Morgan fingerprint density at radius 2 is 1.77 bits per heavy atom. The number of rotatable bonds is 7. The summed E-state index contributed by atoms with van der Waals surface area (Å²) in [7, 11) is 0. The summed E-state index contributed by atoms with van der Waals surface area (Å²) in [5.41, 5.74) is 1.15. The number of urea groups is 1. The Balaban J connectivity index is 1.55. The summed E-state index contributed by atoms with van der Waals surface area (Å²) < 4.78 is 20.0. The number of amidine groups is 1. The SMILES string of the molecule is CC(C)Oc1cccc(CN2CCC3(CC2)C(N[C@@H](C)C(C)C)=NC(=O)N3c2cccc(F)c2)c1. The number of carbonyl (C=O) groups excluding carboxylic acids is 1. The van der Waals surface area contributed by atoms with Crippen molar-refractivity contribution in [2.24, 2.45) is 10.9 Å². The Bertz CT molecular complexity index is 1080. The maximum absolute atomic E-state index is 14.1. The molecule has 0 bridgehead atoms. The highest BCUT2D eigenvalue weighted by atomic mass is 19.1. The van der Waals surface area contributed by atoms with Crippen LogP contribution in [0, 0.1) is 11.7 Å². The number of piperidine rings is 1. The van der Waals surface area contributed by atoms with Crippen LogP contribution in [0.25, 0.3) is 0 Å². The molecule has 35 heavy (non-hydrogen) atoms. The van der Waals surface area contributed by atoms with Crippen LogP contribution in [0.1, 0.15) is 53.0 Å². The van der Waals surface area contributed by atoms with Crippen LogP contribution >= 0.6 is 0 Å². The van der Waals surface area contributed by atoms with Crippen molar-refractivity contribution >= 4 is 17.6 Å². The first kappa shape index (κ1) is 25.2. The van der Waals surface area contributed by atoms with Gasteiger partial charge >= 0.3 is 6.03 Å². The zero-order valence-corrected chi connectivity index (χ0v) is 21.4. The largest absolute Gasteiger partial charge is 0.491 e. The van der Waals surface area contributed by atoms with E-state index in [0.29, 0.717) is 30.3 Å². The highest BCUT2D eigenvalue weighted by molar-refractivity contribution is 6.16. The molecule has 0 aromatic heterocycles. The lowest BCUT2D eigenvalue weighted by Crippen LogP contribution is -2.62.